The highest BCUT2D eigenvalue weighted by Gasteiger charge is 2.21. The summed E-state index contributed by atoms with van der Waals surface area (Å²) in [6, 6.07) is -1.65. The van der Waals surface area contributed by atoms with Crippen molar-refractivity contribution in [1.82, 2.24) is 20.3 Å². The van der Waals surface area contributed by atoms with Crippen molar-refractivity contribution in [2.45, 2.75) is 12.5 Å². The summed E-state index contributed by atoms with van der Waals surface area (Å²) in [4.78, 5) is 33.1. The summed E-state index contributed by atoms with van der Waals surface area (Å²) in [5.74, 6) is -1.12. The second-order valence-electron chi connectivity index (χ2n) is 3.61. The molecule has 2 aromatic heterocycles. The van der Waals surface area contributed by atoms with E-state index in [9.17, 15) is 9.59 Å². The summed E-state index contributed by atoms with van der Waals surface area (Å²) in [6.07, 6.45) is 4.63. The van der Waals surface area contributed by atoms with Gasteiger partial charge in [-0.2, -0.15) is 0 Å². The van der Waals surface area contributed by atoms with Crippen molar-refractivity contribution in [2.24, 2.45) is 0 Å². The van der Waals surface area contributed by atoms with Crippen LogP contribution in [0.2, 0.25) is 0 Å². The van der Waals surface area contributed by atoms with Crippen molar-refractivity contribution < 1.29 is 14.7 Å². The first kappa shape index (κ1) is 13.0. The third-order valence-electron chi connectivity index (χ3n) is 2.24. The number of carbonyl (C=O) groups excluding carboxylic acids is 1. The lowest BCUT2D eigenvalue weighted by Gasteiger charge is -2.13. The Balaban J connectivity index is 1.93. The van der Waals surface area contributed by atoms with E-state index in [1.165, 1.54) is 23.9 Å². The van der Waals surface area contributed by atoms with Gasteiger partial charge in [0.05, 0.1) is 6.33 Å². The SMILES string of the molecule is O=C(Nc1nccs1)NC(Cc1cnc[nH]1)C(=O)O. The third-order valence-corrected chi connectivity index (χ3v) is 2.92. The topological polar surface area (TPSA) is 120 Å². The standard InChI is InChI=1S/C10H11N5O3S/c16-8(17)7(3-6-4-11-5-13-6)14-9(18)15-10-12-1-2-19-10/h1-2,4-5,7H,3H2,(H,11,13)(H,16,17)(H2,12,14,15,18). The molecule has 2 heterocycles. The van der Waals surface area contributed by atoms with Gasteiger partial charge in [-0.05, 0) is 0 Å². The molecule has 2 amide bonds. The first-order valence-corrected chi connectivity index (χ1v) is 6.20. The zero-order valence-corrected chi connectivity index (χ0v) is 10.5. The van der Waals surface area contributed by atoms with Crippen molar-refractivity contribution >= 4 is 28.5 Å². The van der Waals surface area contributed by atoms with E-state index in [2.05, 4.69) is 25.6 Å². The highest BCUT2D eigenvalue weighted by atomic mass is 32.1. The molecule has 100 valence electrons. The van der Waals surface area contributed by atoms with Gasteiger partial charge >= 0.3 is 12.0 Å². The van der Waals surface area contributed by atoms with E-state index in [1.807, 2.05) is 0 Å². The van der Waals surface area contributed by atoms with Gasteiger partial charge in [0, 0.05) is 29.9 Å². The number of thiazole rings is 1. The van der Waals surface area contributed by atoms with Crippen LogP contribution < -0.4 is 10.6 Å². The minimum absolute atomic E-state index is 0.126. The lowest BCUT2D eigenvalue weighted by molar-refractivity contribution is -0.139. The zero-order chi connectivity index (χ0) is 13.7. The molecule has 2 aromatic rings. The number of carbonyl (C=O) groups is 2. The lowest BCUT2D eigenvalue weighted by Crippen LogP contribution is -2.44. The molecule has 1 atom stereocenters. The Hall–Kier alpha value is -2.42. The molecule has 0 radical (unpaired) electrons. The largest absolute Gasteiger partial charge is 0.480 e. The molecule has 19 heavy (non-hydrogen) atoms. The Bertz CT molecular complexity index is 540. The third kappa shape index (κ3) is 3.78. The van der Waals surface area contributed by atoms with Crippen LogP contribution in [0.1, 0.15) is 5.69 Å². The van der Waals surface area contributed by atoms with Crippen molar-refractivity contribution in [3.05, 3.63) is 29.8 Å². The van der Waals surface area contributed by atoms with Crippen LogP contribution in [0.3, 0.4) is 0 Å². The van der Waals surface area contributed by atoms with Crippen LogP contribution in [-0.4, -0.2) is 38.1 Å². The molecular weight excluding hydrogens is 270 g/mol. The smallest absolute Gasteiger partial charge is 0.326 e. The molecule has 0 aliphatic heterocycles. The number of carboxylic acids is 1. The fourth-order valence-electron chi connectivity index (χ4n) is 1.39. The monoisotopic (exact) mass is 281 g/mol. The molecule has 8 nitrogen and oxygen atoms in total. The number of aliphatic carboxylic acids is 1. The fraction of sp³-hybridized carbons (Fsp3) is 0.200. The number of hydrogen-bond donors (Lipinski definition) is 4. The number of anilines is 1. The number of nitrogens with one attached hydrogen (secondary N) is 3. The molecule has 0 saturated carbocycles. The number of amides is 2. The van der Waals surface area contributed by atoms with Gasteiger partial charge < -0.3 is 15.4 Å². The maximum absolute atomic E-state index is 11.6. The number of imidazole rings is 1. The van der Waals surface area contributed by atoms with Crippen molar-refractivity contribution in [2.75, 3.05) is 5.32 Å². The number of carboxylic acid groups (broad SMARTS) is 1. The quantitative estimate of drug-likeness (QED) is 0.642. The van der Waals surface area contributed by atoms with Crippen LogP contribution in [-0.2, 0) is 11.2 Å². The van der Waals surface area contributed by atoms with Gasteiger partial charge in [-0.1, -0.05) is 0 Å². The highest BCUT2D eigenvalue weighted by molar-refractivity contribution is 7.13. The molecule has 1 unspecified atom stereocenters. The lowest BCUT2D eigenvalue weighted by atomic mass is 10.2. The predicted octanol–water partition coefficient (Wildman–Crippen LogP) is 0.684. The predicted molar refractivity (Wildman–Crippen MR) is 68.0 cm³/mol. The van der Waals surface area contributed by atoms with Gasteiger partial charge in [0.15, 0.2) is 5.13 Å². The Morgan fingerprint density at radius 3 is 2.95 bits per heavy atom. The van der Waals surface area contributed by atoms with Crippen LogP contribution in [0.4, 0.5) is 9.93 Å². The van der Waals surface area contributed by atoms with Gasteiger partial charge in [-0.25, -0.2) is 19.6 Å². The Morgan fingerprint density at radius 1 is 1.53 bits per heavy atom. The molecule has 0 fully saturated rings. The van der Waals surface area contributed by atoms with Crippen LogP contribution in [0.5, 0.6) is 0 Å². The molecule has 4 N–H and O–H groups in total. The maximum atomic E-state index is 11.6. The number of urea groups is 1. The number of nitrogens with zero attached hydrogens (tertiary/aromatic N) is 2. The molecule has 0 bridgehead atoms. The highest BCUT2D eigenvalue weighted by Crippen LogP contribution is 2.09. The first-order valence-electron chi connectivity index (χ1n) is 5.32. The van der Waals surface area contributed by atoms with Gasteiger partial charge in [-0.15, -0.1) is 11.3 Å². The second kappa shape index (κ2) is 5.96. The number of aromatic nitrogens is 3. The number of hydrogen-bond acceptors (Lipinski definition) is 5. The van der Waals surface area contributed by atoms with Gasteiger partial charge in [0.25, 0.3) is 0 Å². The first-order chi connectivity index (χ1) is 9.15. The molecule has 0 aliphatic carbocycles. The zero-order valence-electron chi connectivity index (χ0n) is 9.66. The van der Waals surface area contributed by atoms with Crippen LogP contribution in [0, 0.1) is 0 Å². The summed E-state index contributed by atoms with van der Waals surface area (Å²) < 4.78 is 0. The second-order valence-corrected chi connectivity index (χ2v) is 4.50. The summed E-state index contributed by atoms with van der Waals surface area (Å²) in [5, 5.41) is 16.0. The van der Waals surface area contributed by atoms with E-state index in [4.69, 9.17) is 5.11 Å². The van der Waals surface area contributed by atoms with Crippen LogP contribution >= 0.6 is 11.3 Å². The van der Waals surface area contributed by atoms with E-state index in [0.717, 1.165) is 0 Å². The summed E-state index contributed by atoms with van der Waals surface area (Å²) in [5.41, 5.74) is 0.627. The van der Waals surface area contributed by atoms with Gasteiger partial charge in [0.2, 0.25) is 0 Å². The minimum atomic E-state index is -1.12. The summed E-state index contributed by atoms with van der Waals surface area (Å²) in [7, 11) is 0. The van der Waals surface area contributed by atoms with Crippen LogP contribution in [0.15, 0.2) is 24.1 Å². The van der Waals surface area contributed by atoms with E-state index in [1.54, 1.807) is 11.6 Å². The van der Waals surface area contributed by atoms with Crippen molar-refractivity contribution in [1.29, 1.82) is 0 Å². The molecule has 2 rings (SSSR count). The van der Waals surface area contributed by atoms with Crippen LogP contribution in [0.25, 0.3) is 0 Å². The van der Waals surface area contributed by atoms with E-state index >= 15 is 0 Å². The Labute approximate surface area is 111 Å². The fourth-order valence-corrected chi connectivity index (χ4v) is 1.92. The summed E-state index contributed by atoms with van der Waals surface area (Å²) in [6.45, 7) is 0. The van der Waals surface area contributed by atoms with Gasteiger partial charge in [0.1, 0.15) is 6.04 Å². The number of H-pyrrole nitrogens is 1. The van der Waals surface area contributed by atoms with E-state index in [0.29, 0.717) is 10.8 Å². The van der Waals surface area contributed by atoms with Gasteiger partial charge in [-0.3, -0.25) is 5.32 Å². The number of aromatic amines is 1. The Morgan fingerprint density at radius 2 is 2.37 bits per heavy atom. The maximum Gasteiger partial charge on any atom is 0.326 e. The average Bonchev–Trinajstić information content (AvgIpc) is 3.00. The minimum Gasteiger partial charge on any atom is -0.480 e. The van der Waals surface area contributed by atoms with Crippen molar-refractivity contribution in [3.8, 4) is 0 Å². The molecule has 9 heteroatoms. The Kier molecular flexibility index (Phi) is 4.08. The molecule has 0 saturated heterocycles. The average molecular weight is 281 g/mol. The molecule has 0 aromatic carbocycles. The number of rotatable bonds is 5. The molecular formula is C10H11N5O3S. The molecule has 0 aliphatic rings. The van der Waals surface area contributed by atoms with E-state index in [-0.39, 0.29) is 6.42 Å². The van der Waals surface area contributed by atoms with Crippen molar-refractivity contribution in [3.63, 3.8) is 0 Å². The normalized spacial score (nSPS) is 11.8. The van der Waals surface area contributed by atoms with E-state index < -0.39 is 18.0 Å². The summed E-state index contributed by atoms with van der Waals surface area (Å²) >= 11 is 1.25. The molecule has 0 spiro atoms.